The van der Waals surface area contributed by atoms with Crippen molar-refractivity contribution < 1.29 is 9.90 Å². The highest BCUT2D eigenvalue weighted by atomic mass is 16.3. The number of aliphatic hydroxyl groups excluding tert-OH is 1. The minimum Gasteiger partial charge on any atom is -0.391 e. The van der Waals surface area contributed by atoms with Crippen LogP contribution in [0.15, 0.2) is 6.20 Å². The molecule has 1 aliphatic rings. The van der Waals surface area contributed by atoms with Crippen molar-refractivity contribution in [1.29, 1.82) is 0 Å². The number of aryl methyl sites for hydroxylation is 2. The molecule has 2 heterocycles. The van der Waals surface area contributed by atoms with Gasteiger partial charge in [-0.3, -0.25) is 9.48 Å². The third kappa shape index (κ3) is 1.74. The van der Waals surface area contributed by atoms with Crippen molar-refractivity contribution in [3.8, 4) is 0 Å². The lowest BCUT2D eigenvalue weighted by Crippen LogP contribution is -2.25. The lowest BCUT2D eigenvalue weighted by atomic mass is 10.3. The summed E-state index contributed by atoms with van der Waals surface area (Å²) < 4.78 is 1.70. The third-order valence-electron chi connectivity index (χ3n) is 2.61. The Hall–Kier alpha value is -1.36. The second-order valence-corrected chi connectivity index (χ2v) is 3.85. The van der Waals surface area contributed by atoms with Crippen LogP contribution in [0, 0.1) is 0 Å². The van der Waals surface area contributed by atoms with Gasteiger partial charge in [-0.1, -0.05) is 6.92 Å². The van der Waals surface area contributed by atoms with Gasteiger partial charge in [-0.15, -0.1) is 0 Å². The number of anilines is 1. The highest BCUT2D eigenvalue weighted by Gasteiger charge is 2.31. The van der Waals surface area contributed by atoms with E-state index in [0.717, 1.165) is 17.8 Å². The van der Waals surface area contributed by atoms with Crippen LogP contribution in [-0.4, -0.2) is 33.4 Å². The van der Waals surface area contributed by atoms with Gasteiger partial charge < -0.3 is 10.0 Å². The largest absolute Gasteiger partial charge is 0.391 e. The van der Waals surface area contributed by atoms with Crippen LogP contribution in [0.1, 0.15) is 19.0 Å². The maximum absolute atomic E-state index is 11.6. The van der Waals surface area contributed by atoms with Gasteiger partial charge in [-0.2, -0.15) is 5.10 Å². The van der Waals surface area contributed by atoms with Gasteiger partial charge in [0.1, 0.15) is 0 Å². The molecule has 1 fully saturated rings. The van der Waals surface area contributed by atoms with E-state index in [0.29, 0.717) is 6.54 Å². The minimum absolute atomic E-state index is 0.0230. The molecule has 0 saturated carbocycles. The van der Waals surface area contributed by atoms with Crippen LogP contribution in [0.2, 0.25) is 0 Å². The van der Waals surface area contributed by atoms with Crippen LogP contribution in [0.3, 0.4) is 0 Å². The first-order valence-electron chi connectivity index (χ1n) is 5.12. The molecule has 0 radical (unpaired) electrons. The number of amides is 1. The molecule has 0 aromatic carbocycles. The highest BCUT2D eigenvalue weighted by Crippen LogP contribution is 2.24. The molecule has 1 aromatic heterocycles. The molecule has 15 heavy (non-hydrogen) atoms. The van der Waals surface area contributed by atoms with Crippen LogP contribution in [-0.2, 0) is 18.3 Å². The molecule has 1 saturated heterocycles. The number of rotatable bonds is 2. The fraction of sp³-hybridized carbons (Fsp3) is 0.600. The molecule has 5 nitrogen and oxygen atoms in total. The van der Waals surface area contributed by atoms with Crippen LogP contribution in [0.5, 0.6) is 0 Å². The number of hydrogen-bond donors (Lipinski definition) is 1. The predicted molar refractivity (Wildman–Crippen MR) is 55.6 cm³/mol. The van der Waals surface area contributed by atoms with Gasteiger partial charge in [0, 0.05) is 13.2 Å². The number of hydrogen-bond acceptors (Lipinski definition) is 3. The van der Waals surface area contributed by atoms with Gasteiger partial charge in [0.2, 0.25) is 5.91 Å². The molecule has 1 aliphatic heterocycles. The van der Waals surface area contributed by atoms with Crippen molar-refractivity contribution >= 4 is 11.6 Å². The zero-order chi connectivity index (χ0) is 11.0. The third-order valence-corrected chi connectivity index (χ3v) is 2.61. The molecule has 1 amide bonds. The first-order chi connectivity index (χ1) is 7.11. The van der Waals surface area contributed by atoms with Crippen LogP contribution >= 0.6 is 0 Å². The SMILES string of the molecule is CCc1nn(C)cc1N1CC(O)CC1=O. The minimum atomic E-state index is -0.539. The summed E-state index contributed by atoms with van der Waals surface area (Å²) in [6.45, 7) is 2.39. The van der Waals surface area contributed by atoms with Crippen LogP contribution in [0.25, 0.3) is 0 Å². The first-order valence-corrected chi connectivity index (χ1v) is 5.12. The molecule has 0 bridgehead atoms. The Balaban J connectivity index is 2.32. The molecule has 1 aromatic rings. The Kier molecular flexibility index (Phi) is 2.48. The summed E-state index contributed by atoms with van der Waals surface area (Å²) in [7, 11) is 1.83. The van der Waals surface area contributed by atoms with E-state index in [9.17, 15) is 9.90 Å². The predicted octanol–water partition coefficient (Wildman–Crippen LogP) is 0.0801. The van der Waals surface area contributed by atoms with Gasteiger partial charge in [0.05, 0.1) is 30.5 Å². The molecular weight excluding hydrogens is 194 g/mol. The average molecular weight is 209 g/mol. The van der Waals surface area contributed by atoms with Gasteiger partial charge in [0.25, 0.3) is 0 Å². The van der Waals surface area contributed by atoms with E-state index < -0.39 is 6.10 Å². The maximum atomic E-state index is 11.6. The molecule has 1 atom stereocenters. The van der Waals surface area contributed by atoms with E-state index in [1.54, 1.807) is 9.58 Å². The molecule has 5 heteroatoms. The fourth-order valence-electron chi connectivity index (χ4n) is 1.92. The number of aromatic nitrogens is 2. The van der Waals surface area contributed by atoms with E-state index in [1.807, 2.05) is 20.2 Å². The Labute approximate surface area is 88.3 Å². The number of nitrogens with zero attached hydrogens (tertiary/aromatic N) is 3. The van der Waals surface area contributed by atoms with Crippen molar-refractivity contribution in [1.82, 2.24) is 9.78 Å². The van der Waals surface area contributed by atoms with Crippen molar-refractivity contribution in [2.24, 2.45) is 7.05 Å². The highest BCUT2D eigenvalue weighted by molar-refractivity contribution is 5.96. The van der Waals surface area contributed by atoms with Gasteiger partial charge >= 0.3 is 0 Å². The number of carbonyl (C=O) groups is 1. The standard InChI is InChI=1S/C10H15N3O2/c1-3-8-9(6-12(2)11-8)13-5-7(14)4-10(13)15/h6-7,14H,3-5H2,1-2H3. The normalized spacial score (nSPS) is 21.4. The van der Waals surface area contributed by atoms with E-state index >= 15 is 0 Å². The second-order valence-electron chi connectivity index (χ2n) is 3.85. The fourth-order valence-corrected chi connectivity index (χ4v) is 1.92. The Bertz CT molecular complexity index is 386. The van der Waals surface area contributed by atoms with Crippen LogP contribution < -0.4 is 4.90 Å². The summed E-state index contributed by atoms with van der Waals surface area (Å²) in [6, 6.07) is 0. The molecule has 1 unspecified atom stereocenters. The second kappa shape index (κ2) is 3.66. The summed E-state index contributed by atoms with van der Waals surface area (Å²) in [4.78, 5) is 13.2. The van der Waals surface area contributed by atoms with Crippen molar-refractivity contribution in [2.75, 3.05) is 11.4 Å². The Morgan fingerprint density at radius 2 is 2.40 bits per heavy atom. The Morgan fingerprint density at radius 3 is 2.93 bits per heavy atom. The van der Waals surface area contributed by atoms with Gasteiger partial charge in [-0.25, -0.2) is 0 Å². The van der Waals surface area contributed by atoms with E-state index in [2.05, 4.69) is 5.10 Å². The molecule has 0 spiro atoms. The number of β-amino-alcohol motifs (C(OH)–C–C–N with tert-alkyl or cyclic N) is 1. The van der Waals surface area contributed by atoms with Crippen molar-refractivity contribution in [3.63, 3.8) is 0 Å². The van der Waals surface area contributed by atoms with Gasteiger partial charge in [0.15, 0.2) is 0 Å². The molecule has 82 valence electrons. The smallest absolute Gasteiger partial charge is 0.229 e. The molecule has 1 N–H and O–H groups in total. The van der Waals surface area contributed by atoms with E-state index in [4.69, 9.17) is 0 Å². The Morgan fingerprint density at radius 1 is 1.67 bits per heavy atom. The lowest BCUT2D eigenvalue weighted by molar-refractivity contribution is -0.117. The quantitative estimate of drug-likeness (QED) is 0.750. The zero-order valence-corrected chi connectivity index (χ0v) is 8.97. The summed E-state index contributed by atoms with van der Waals surface area (Å²) in [6.07, 6.45) is 2.30. The number of carbonyl (C=O) groups excluding carboxylic acids is 1. The summed E-state index contributed by atoms with van der Waals surface area (Å²) in [5, 5.41) is 13.7. The van der Waals surface area contributed by atoms with Gasteiger partial charge in [-0.05, 0) is 6.42 Å². The number of aliphatic hydroxyl groups is 1. The van der Waals surface area contributed by atoms with Crippen molar-refractivity contribution in [3.05, 3.63) is 11.9 Å². The summed E-state index contributed by atoms with van der Waals surface area (Å²) in [5.41, 5.74) is 1.74. The van der Waals surface area contributed by atoms with Crippen molar-refractivity contribution in [2.45, 2.75) is 25.9 Å². The molecule has 0 aliphatic carbocycles. The topological polar surface area (TPSA) is 58.4 Å². The monoisotopic (exact) mass is 209 g/mol. The van der Waals surface area contributed by atoms with Crippen LogP contribution in [0.4, 0.5) is 5.69 Å². The summed E-state index contributed by atoms with van der Waals surface area (Å²) >= 11 is 0. The molecular formula is C10H15N3O2. The first kappa shape index (κ1) is 10.2. The summed E-state index contributed by atoms with van der Waals surface area (Å²) in [5.74, 6) is -0.0230. The average Bonchev–Trinajstić information content (AvgIpc) is 2.69. The lowest BCUT2D eigenvalue weighted by Gasteiger charge is -2.14. The maximum Gasteiger partial charge on any atom is 0.229 e. The van der Waals surface area contributed by atoms with E-state index in [1.165, 1.54) is 0 Å². The molecule has 2 rings (SSSR count). The zero-order valence-electron chi connectivity index (χ0n) is 8.97. The van der Waals surface area contributed by atoms with E-state index in [-0.39, 0.29) is 12.3 Å².